The second-order valence-corrected chi connectivity index (χ2v) is 9.99. The fraction of sp³-hybridized carbons (Fsp3) is 0.346. The molecule has 1 N–H and O–H groups in total. The number of piperidine rings is 1. The Kier molecular flexibility index (Phi) is 8.38. The molecule has 14 heteroatoms. The average molecular weight is 589 g/mol. The third-order valence-electron chi connectivity index (χ3n) is 6.34. The van der Waals surface area contributed by atoms with Gasteiger partial charge in [-0.3, -0.25) is 9.59 Å². The third-order valence-corrected chi connectivity index (χ3v) is 7.38. The number of halogens is 6. The average Bonchev–Trinajstić information content (AvgIpc) is 3.26. The minimum atomic E-state index is -5.03. The Morgan fingerprint density at radius 3 is 2.38 bits per heavy atom. The van der Waals surface area contributed by atoms with Gasteiger partial charge in [0.2, 0.25) is 0 Å². The molecule has 2 aliphatic rings. The Morgan fingerprint density at radius 2 is 1.77 bits per heavy atom. The van der Waals surface area contributed by atoms with Crippen LogP contribution in [0.15, 0.2) is 46.3 Å². The number of carboxylic acids is 1. The maximum absolute atomic E-state index is 13.4. The van der Waals surface area contributed by atoms with Crippen LogP contribution in [0.1, 0.15) is 35.1 Å². The topological polar surface area (TPSA) is 88.4 Å². The number of amidine groups is 1. The van der Waals surface area contributed by atoms with Crippen molar-refractivity contribution in [3.8, 4) is 11.5 Å². The van der Waals surface area contributed by atoms with Crippen molar-refractivity contribution in [2.75, 3.05) is 20.2 Å². The van der Waals surface area contributed by atoms with Gasteiger partial charge in [0.05, 0.1) is 29.1 Å². The normalized spacial score (nSPS) is 17.8. The minimum absolute atomic E-state index is 0.0429. The second kappa shape index (κ2) is 11.4. The number of carbonyl (C=O) groups excluding carboxylic acids is 1. The number of rotatable bonds is 6. The summed E-state index contributed by atoms with van der Waals surface area (Å²) < 4.78 is 89.9. The summed E-state index contributed by atoms with van der Waals surface area (Å²) >= 11 is 1.14. The quantitative estimate of drug-likeness (QED) is 0.323. The van der Waals surface area contributed by atoms with E-state index in [0.29, 0.717) is 47.6 Å². The number of ether oxygens (including phenoxy) is 2. The van der Waals surface area contributed by atoms with Crippen LogP contribution < -0.4 is 9.47 Å². The molecule has 0 atom stereocenters. The predicted octanol–water partition coefficient (Wildman–Crippen LogP) is 6.08. The van der Waals surface area contributed by atoms with E-state index in [-0.39, 0.29) is 17.6 Å². The van der Waals surface area contributed by atoms with Crippen molar-refractivity contribution in [1.82, 2.24) is 4.90 Å². The number of carboxylic acid groups (broad SMARTS) is 1. The van der Waals surface area contributed by atoms with Crippen LogP contribution in [0.5, 0.6) is 11.5 Å². The lowest BCUT2D eigenvalue weighted by Gasteiger charge is -2.30. The summed E-state index contributed by atoms with van der Waals surface area (Å²) in [4.78, 5) is 29.9. The van der Waals surface area contributed by atoms with Crippen LogP contribution in [0.4, 0.5) is 26.3 Å². The fourth-order valence-corrected chi connectivity index (χ4v) is 5.16. The van der Waals surface area contributed by atoms with Gasteiger partial charge in [0, 0.05) is 18.7 Å². The minimum Gasteiger partial charge on any atom is -0.493 e. The molecule has 2 aliphatic heterocycles. The molecule has 2 heterocycles. The van der Waals surface area contributed by atoms with Crippen LogP contribution in [-0.4, -0.2) is 47.2 Å². The molecular weight excluding hydrogens is 566 g/mol. The summed E-state index contributed by atoms with van der Waals surface area (Å²) in [5.41, 5.74) is -2.86. The number of aliphatic imine (C=N–C) groups is 1. The molecule has 2 aromatic carbocycles. The number of carbonyl (C=O) groups is 2. The molecule has 0 bridgehead atoms. The molecular formula is C26H22F6N2O5S. The second-order valence-electron chi connectivity index (χ2n) is 8.98. The molecule has 1 fully saturated rings. The SMILES string of the molecule is COc1cc(/C=C2\SC(N3CCC(C(=O)O)CC3)=NC2=O)ccc1OCc1ccc(C(F)(F)F)cc1C(F)(F)F. The number of amides is 1. The molecule has 0 unspecified atom stereocenters. The predicted molar refractivity (Wildman–Crippen MR) is 134 cm³/mol. The molecule has 40 heavy (non-hydrogen) atoms. The van der Waals surface area contributed by atoms with Crippen molar-refractivity contribution >= 4 is 34.9 Å². The number of hydrogen-bond acceptors (Lipinski definition) is 6. The zero-order chi connectivity index (χ0) is 29.2. The Hall–Kier alpha value is -3.68. The molecule has 0 radical (unpaired) electrons. The number of likely N-dealkylation sites (tertiary alicyclic amines) is 1. The van der Waals surface area contributed by atoms with Gasteiger partial charge in [0.15, 0.2) is 16.7 Å². The van der Waals surface area contributed by atoms with Gasteiger partial charge in [-0.1, -0.05) is 12.1 Å². The first kappa shape index (κ1) is 29.3. The van der Waals surface area contributed by atoms with Crippen molar-refractivity contribution in [2.45, 2.75) is 31.8 Å². The summed E-state index contributed by atoms with van der Waals surface area (Å²) in [5, 5.41) is 9.63. The van der Waals surface area contributed by atoms with Gasteiger partial charge in [0.1, 0.15) is 6.61 Å². The van der Waals surface area contributed by atoms with Gasteiger partial charge in [-0.15, -0.1) is 0 Å². The largest absolute Gasteiger partial charge is 0.493 e. The summed E-state index contributed by atoms with van der Waals surface area (Å²) in [6.07, 6.45) is -7.53. The summed E-state index contributed by atoms with van der Waals surface area (Å²) in [5.74, 6) is -1.58. The Morgan fingerprint density at radius 1 is 1.07 bits per heavy atom. The highest BCUT2D eigenvalue weighted by atomic mass is 32.2. The summed E-state index contributed by atoms with van der Waals surface area (Å²) in [7, 11) is 1.30. The lowest BCUT2D eigenvalue weighted by atomic mass is 9.98. The molecule has 1 amide bonds. The number of benzene rings is 2. The Balaban J connectivity index is 1.46. The number of thioether (sulfide) groups is 1. The molecule has 214 valence electrons. The van der Waals surface area contributed by atoms with E-state index in [4.69, 9.17) is 14.6 Å². The lowest BCUT2D eigenvalue weighted by Crippen LogP contribution is -2.38. The van der Waals surface area contributed by atoms with Crippen molar-refractivity contribution in [3.63, 3.8) is 0 Å². The molecule has 1 saturated heterocycles. The van der Waals surface area contributed by atoms with E-state index < -0.39 is 53.4 Å². The summed E-state index contributed by atoms with van der Waals surface area (Å²) in [6.45, 7) is 0.240. The van der Waals surface area contributed by atoms with Crippen LogP contribution >= 0.6 is 11.8 Å². The summed E-state index contributed by atoms with van der Waals surface area (Å²) in [6, 6.07) is 5.76. The molecule has 0 spiro atoms. The Labute approximate surface area is 228 Å². The highest BCUT2D eigenvalue weighted by Gasteiger charge is 2.38. The zero-order valence-corrected chi connectivity index (χ0v) is 21.6. The maximum atomic E-state index is 13.4. The lowest BCUT2D eigenvalue weighted by molar-refractivity contribution is -0.144. The van der Waals surface area contributed by atoms with Crippen molar-refractivity contribution in [1.29, 1.82) is 0 Å². The number of alkyl halides is 6. The van der Waals surface area contributed by atoms with Crippen LogP contribution in [0.25, 0.3) is 6.08 Å². The first-order valence-corrected chi connectivity index (χ1v) is 12.7. The van der Waals surface area contributed by atoms with Gasteiger partial charge in [0.25, 0.3) is 5.91 Å². The fourth-order valence-electron chi connectivity index (χ4n) is 4.19. The van der Waals surface area contributed by atoms with Gasteiger partial charge >= 0.3 is 18.3 Å². The van der Waals surface area contributed by atoms with Crippen LogP contribution in [0.3, 0.4) is 0 Å². The molecule has 2 aromatic rings. The molecule has 4 rings (SSSR count). The highest BCUT2D eigenvalue weighted by molar-refractivity contribution is 8.18. The van der Waals surface area contributed by atoms with Gasteiger partial charge in [-0.2, -0.15) is 31.3 Å². The highest BCUT2D eigenvalue weighted by Crippen LogP contribution is 2.39. The van der Waals surface area contributed by atoms with E-state index in [0.717, 1.165) is 17.8 Å². The van der Waals surface area contributed by atoms with Crippen molar-refractivity contribution in [3.05, 3.63) is 63.6 Å². The van der Waals surface area contributed by atoms with Crippen LogP contribution in [0, 0.1) is 5.92 Å². The van der Waals surface area contributed by atoms with Crippen molar-refractivity contribution < 1.29 is 50.5 Å². The van der Waals surface area contributed by atoms with E-state index in [2.05, 4.69) is 4.99 Å². The third kappa shape index (κ3) is 6.72. The standard InChI is InChI=1S/C26H22F6N2O5S/c1-38-20-10-14(11-21-22(35)33-24(40-21)34-8-6-15(7-9-34)23(36)37)2-5-19(20)39-13-16-3-4-17(25(27,28)29)12-18(16)26(30,31)32/h2-5,10-12,15H,6-9,13H2,1H3,(H,36,37)/b21-11-. The van der Waals surface area contributed by atoms with Gasteiger partial charge in [-0.05, 0) is 60.5 Å². The first-order chi connectivity index (χ1) is 18.8. The van der Waals surface area contributed by atoms with E-state index >= 15 is 0 Å². The molecule has 0 saturated carbocycles. The number of aliphatic carboxylic acids is 1. The number of hydrogen-bond donors (Lipinski definition) is 1. The Bertz CT molecular complexity index is 1360. The first-order valence-electron chi connectivity index (χ1n) is 11.8. The molecule has 7 nitrogen and oxygen atoms in total. The number of methoxy groups -OCH3 is 1. The van der Waals surface area contributed by atoms with Gasteiger partial charge < -0.3 is 19.5 Å². The maximum Gasteiger partial charge on any atom is 0.416 e. The van der Waals surface area contributed by atoms with E-state index in [1.165, 1.54) is 25.3 Å². The van der Waals surface area contributed by atoms with E-state index in [1.54, 1.807) is 6.08 Å². The smallest absolute Gasteiger partial charge is 0.416 e. The molecule has 0 aromatic heterocycles. The van der Waals surface area contributed by atoms with Crippen LogP contribution in [0.2, 0.25) is 0 Å². The van der Waals surface area contributed by atoms with Gasteiger partial charge in [-0.25, -0.2) is 0 Å². The van der Waals surface area contributed by atoms with Crippen molar-refractivity contribution in [2.24, 2.45) is 10.9 Å². The number of nitrogens with zero attached hydrogens (tertiary/aromatic N) is 2. The van der Waals surface area contributed by atoms with E-state index in [1.807, 2.05) is 4.90 Å². The zero-order valence-electron chi connectivity index (χ0n) is 20.8. The van der Waals surface area contributed by atoms with Crippen LogP contribution in [-0.2, 0) is 28.5 Å². The monoisotopic (exact) mass is 588 g/mol. The molecule has 0 aliphatic carbocycles. The van der Waals surface area contributed by atoms with E-state index in [9.17, 15) is 35.9 Å².